The van der Waals surface area contributed by atoms with Gasteiger partial charge in [-0.15, -0.1) is 0 Å². The van der Waals surface area contributed by atoms with Crippen LogP contribution < -0.4 is 4.90 Å². The van der Waals surface area contributed by atoms with Crippen molar-refractivity contribution >= 4 is 23.5 Å². The van der Waals surface area contributed by atoms with Gasteiger partial charge in [-0.1, -0.05) is 17.7 Å². The third-order valence-corrected chi connectivity index (χ3v) is 6.19. The third kappa shape index (κ3) is 4.53. The summed E-state index contributed by atoms with van der Waals surface area (Å²) < 4.78 is 43.4. The van der Waals surface area contributed by atoms with Crippen LogP contribution in [-0.2, 0) is 11.3 Å². The van der Waals surface area contributed by atoms with Crippen LogP contribution in [0.5, 0.6) is 0 Å². The minimum absolute atomic E-state index is 0.0144. The lowest BCUT2D eigenvalue weighted by Gasteiger charge is -2.14. The number of hydrogen-bond acceptors (Lipinski definition) is 6. The molecule has 0 aliphatic carbocycles. The van der Waals surface area contributed by atoms with Gasteiger partial charge in [-0.2, -0.15) is 5.10 Å². The molecule has 5 rings (SSSR count). The lowest BCUT2D eigenvalue weighted by molar-refractivity contribution is -0.117. The Hall–Kier alpha value is -3.86. The van der Waals surface area contributed by atoms with Crippen molar-refractivity contribution in [3.63, 3.8) is 0 Å². The molecule has 1 aliphatic heterocycles. The number of carbonyl (C=O) groups excluding carboxylic acids is 1. The summed E-state index contributed by atoms with van der Waals surface area (Å²) >= 11 is 5.83. The van der Waals surface area contributed by atoms with Crippen molar-refractivity contribution in [2.75, 3.05) is 11.4 Å². The standard InChI is InChI=1S/C24H19ClF3N7O/c1-13-14(7-30-24(32-13)35-6-2-3-20(35)36)11-34-12-15(8-31-34)18-9-29-10-19(33-18)21-16(23(27)28)4-5-17(25)22(21)26/h4-5,7-10,12,23H,2-3,6,11H2,1H3. The molecule has 4 heterocycles. The molecule has 1 aliphatic rings. The SMILES string of the molecule is Cc1nc(N2CCCC2=O)ncc1Cn1cc(-c2cncc(-c3c(C(F)F)ccc(Cl)c3F)n2)cn1. The van der Waals surface area contributed by atoms with Crippen LogP contribution in [0.1, 0.15) is 36.1 Å². The van der Waals surface area contributed by atoms with Crippen LogP contribution in [0.4, 0.5) is 19.1 Å². The molecule has 0 saturated carbocycles. The molecule has 12 heteroatoms. The van der Waals surface area contributed by atoms with Crippen LogP contribution in [0.15, 0.2) is 43.1 Å². The first kappa shape index (κ1) is 23.9. The number of anilines is 1. The van der Waals surface area contributed by atoms with E-state index in [2.05, 4.69) is 25.0 Å². The fourth-order valence-corrected chi connectivity index (χ4v) is 4.17. The van der Waals surface area contributed by atoms with Crippen molar-refractivity contribution in [3.05, 3.63) is 70.8 Å². The molecule has 0 spiro atoms. The third-order valence-electron chi connectivity index (χ3n) is 5.90. The summed E-state index contributed by atoms with van der Waals surface area (Å²) in [6, 6.07) is 2.16. The molecule has 0 radical (unpaired) electrons. The summed E-state index contributed by atoms with van der Waals surface area (Å²) in [7, 11) is 0. The predicted octanol–water partition coefficient (Wildman–Crippen LogP) is 5.01. The number of carbonyl (C=O) groups is 1. The van der Waals surface area contributed by atoms with Gasteiger partial charge >= 0.3 is 0 Å². The van der Waals surface area contributed by atoms with Crippen LogP contribution in [0.25, 0.3) is 22.5 Å². The molecule has 8 nitrogen and oxygen atoms in total. The van der Waals surface area contributed by atoms with Gasteiger partial charge < -0.3 is 0 Å². The van der Waals surface area contributed by atoms with Crippen molar-refractivity contribution in [1.82, 2.24) is 29.7 Å². The van der Waals surface area contributed by atoms with E-state index in [1.54, 1.807) is 28.2 Å². The quantitative estimate of drug-likeness (QED) is 0.360. The molecule has 184 valence electrons. The molecule has 36 heavy (non-hydrogen) atoms. The number of aromatic nitrogens is 6. The highest BCUT2D eigenvalue weighted by molar-refractivity contribution is 6.31. The minimum Gasteiger partial charge on any atom is -0.281 e. The number of halogens is 4. The summed E-state index contributed by atoms with van der Waals surface area (Å²) in [6.07, 6.45) is 5.93. The Bertz CT molecular complexity index is 1460. The summed E-state index contributed by atoms with van der Waals surface area (Å²) in [4.78, 5) is 30.8. The molecular weight excluding hydrogens is 495 g/mol. The molecule has 1 saturated heterocycles. The maximum atomic E-state index is 14.7. The largest absolute Gasteiger partial charge is 0.281 e. The highest BCUT2D eigenvalue weighted by atomic mass is 35.5. The number of hydrogen-bond donors (Lipinski definition) is 0. The van der Waals surface area contributed by atoms with Crippen molar-refractivity contribution in [3.8, 4) is 22.5 Å². The Morgan fingerprint density at radius 3 is 2.64 bits per heavy atom. The van der Waals surface area contributed by atoms with Crippen molar-refractivity contribution in [2.45, 2.75) is 32.7 Å². The second-order valence-electron chi connectivity index (χ2n) is 8.27. The number of rotatable bonds is 6. The Morgan fingerprint density at radius 1 is 1.11 bits per heavy atom. The zero-order valence-corrected chi connectivity index (χ0v) is 19.8. The van der Waals surface area contributed by atoms with E-state index >= 15 is 0 Å². The zero-order valence-electron chi connectivity index (χ0n) is 19.0. The fourth-order valence-electron chi connectivity index (χ4n) is 4.01. The highest BCUT2D eigenvalue weighted by Crippen LogP contribution is 2.36. The van der Waals surface area contributed by atoms with E-state index in [1.807, 2.05) is 6.92 Å². The molecule has 0 unspecified atom stereocenters. The van der Waals surface area contributed by atoms with Gasteiger partial charge in [0.15, 0.2) is 5.82 Å². The van der Waals surface area contributed by atoms with E-state index in [0.717, 1.165) is 29.8 Å². The minimum atomic E-state index is -2.92. The van der Waals surface area contributed by atoms with Crippen molar-refractivity contribution < 1.29 is 18.0 Å². The zero-order chi connectivity index (χ0) is 25.4. The fraction of sp³-hybridized carbons (Fsp3) is 0.250. The number of aryl methyl sites for hydroxylation is 1. The van der Waals surface area contributed by atoms with E-state index in [1.165, 1.54) is 12.4 Å². The highest BCUT2D eigenvalue weighted by Gasteiger charge is 2.25. The molecule has 1 amide bonds. The first-order chi connectivity index (χ1) is 17.3. The predicted molar refractivity (Wildman–Crippen MR) is 126 cm³/mol. The van der Waals surface area contributed by atoms with Gasteiger partial charge in [-0.05, 0) is 19.4 Å². The van der Waals surface area contributed by atoms with E-state index in [4.69, 9.17) is 11.6 Å². The van der Waals surface area contributed by atoms with Crippen LogP contribution in [-0.4, -0.2) is 42.2 Å². The normalized spacial score (nSPS) is 13.7. The maximum Gasteiger partial charge on any atom is 0.264 e. The average Bonchev–Trinajstić information content (AvgIpc) is 3.51. The summed E-state index contributed by atoms with van der Waals surface area (Å²) in [5, 5.41) is 4.05. The number of amides is 1. The van der Waals surface area contributed by atoms with Gasteiger partial charge in [0.05, 0.1) is 41.5 Å². The molecule has 4 aromatic rings. The Labute approximate surface area is 208 Å². The Morgan fingerprint density at radius 2 is 1.92 bits per heavy atom. The van der Waals surface area contributed by atoms with Crippen LogP contribution in [0.2, 0.25) is 5.02 Å². The van der Waals surface area contributed by atoms with Crippen molar-refractivity contribution in [1.29, 1.82) is 0 Å². The van der Waals surface area contributed by atoms with Crippen LogP contribution in [0.3, 0.4) is 0 Å². The second kappa shape index (κ2) is 9.65. The topological polar surface area (TPSA) is 89.7 Å². The summed E-state index contributed by atoms with van der Waals surface area (Å²) in [6.45, 7) is 2.80. The van der Waals surface area contributed by atoms with Gasteiger partial charge in [0.1, 0.15) is 0 Å². The number of nitrogens with zero attached hydrogens (tertiary/aromatic N) is 7. The molecule has 0 N–H and O–H groups in total. The van der Waals surface area contributed by atoms with E-state index < -0.39 is 17.8 Å². The average molecular weight is 514 g/mol. The second-order valence-corrected chi connectivity index (χ2v) is 8.68. The van der Waals surface area contributed by atoms with Gasteiger partial charge in [0.2, 0.25) is 11.9 Å². The first-order valence-electron chi connectivity index (χ1n) is 11.1. The van der Waals surface area contributed by atoms with Gasteiger partial charge in [-0.3, -0.25) is 19.4 Å². The Kier molecular flexibility index (Phi) is 6.40. The van der Waals surface area contributed by atoms with E-state index in [-0.39, 0.29) is 22.2 Å². The first-order valence-corrected chi connectivity index (χ1v) is 11.4. The smallest absolute Gasteiger partial charge is 0.264 e. The molecule has 3 aromatic heterocycles. The number of alkyl halides is 2. The van der Waals surface area contributed by atoms with E-state index in [9.17, 15) is 18.0 Å². The lowest BCUT2D eigenvalue weighted by Crippen LogP contribution is -2.26. The van der Waals surface area contributed by atoms with Crippen LogP contribution in [0, 0.1) is 12.7 Å². The maximum absolute atomic E-state index is 14.7. The van der Waals surface area contributed by atoms with E-state index in [0.29, 0.717) is 36.7 Å². The molecule has 1 fully saturated rings. The molecule has 0 bridgehead atoms. The summed E-state index contributed by atoms with van der Waals surface area (Å²) in [5.41, 5.74) is 1.44. The molecule has 1 aromatic carbocycles. The molecule has 0 atom stereocenters. The monoisotopic (exact) mass is 513 g/mol. The van der Waals surface area contributed by atoms with Crippen molar-refractivity contribution in [2.24, 2.45) is 0 Å². The van der Waals surface area contributed by atoms with Crippen LogP contribution >= 0.6 is 11.6 Å². The van der Waals surface area contributed by atoms with Gasteiger partial charge in [0.25, 0.3) is 6.43 Å². The number of benzene rings is 1. The Balaban J connectivity index is 1.40. The van der Waals surface area contributed by atoms with Gasteiger partial charge in [0, 0.05) is 53.3 Å². The van der Waals surface area contributed by atoms with Gasteiger partial charge in [-0.25, -0.2) is 28.1 Å². The lowest BCUT2D eigenvalue weighted by atomic mass is 10.0. The molecular formula is C24H19ClF3N7O. The summed E-state index contributed by atoms with van der Waals surface area (Å²) in [5.74, 6) is -0.574.